The molecule has 20 heavy (non-hydrogen) atoms. The van der Waals surface area contributed by atoms with Gasteiger partial charge in [-0.2, -0.15) is 4.98 Å². The molecule has 2 aromatic rings. The number of aliphatic hydroxyl groups excluding tert-OH is 1. The van der Waals surface area contributed by atoms with Gasteiger partial charge in [-0.1, -0.05) is 23.7 Å². The highest BCUT2D eigenvalue weighted by Gasteiger charge is 2.06. The summed E-state index contributed by atoms with van der Waals surface area (Å²) in [7, 11) is 0. The topological polar surface area (TPSA) is 64.5 Å². The second-order valence-electron chi connectivity index (χ2n) is 3.99. The Morgan fingerprint density at radius 1 is 1.20 bits per heavy atom. The first-order valence-electron chi connectivity index (χ1n) is 6.20. The van der Waals surface area contributed by atoms with Gasteiger partial charge >= 0.3 is 0 Å². The van der Waals surface area contributed by atoms with Crippen LogP contribution >= 0.6 is 11.6 Å². The van der Waals surface area contributed by atoms with Crippen LogP contribution in [-0.2, 0) is 18.0 Å². The lowest BCUT2D eigenvalue weighted by molar-refractivity contribution is 0.128. The van der Waals surface area contributed by atoms with Crippen LogP contribution in [0.3, 0.4) is 0 Å². The first-order chi connectivity index (χ1) is 9.71. The number of halogens is 1. The summed E-state index contributed by atoms with van der Waals surface area (Å²) in [6.45, 7) is 2.76. The lowest BCUT2D eigenvalue weighted by Gasteiger charge is -2.07. The number of aromatic nitrogens is 2. The second-order valence-corrected chi connectivity index (χ2v) is 4.37. The van der Waals surface area contributed by atoms with E-state index >= 15 is 0 Å². The molecule has 1 N–H and O–H groups in total. The largest absolute Gasteiger partial charge is 0.439 e. The maximum absolute atomic E-state index is 8.98. The van der Waals surface area contributed by atoms with Gasteiger partial charge in [0.05, 0.1) is 6.61 Å². The summed E-state index contributed by atoms with van der Waals surface area (Å²) in [6, 6.07) is 8.60. The minimum absolute atomic E-state index is 0.00187. The SMILES string of the molecule is CCOCc1nc(Cl)cc(Oc2ccc(CO)cc2)n1. The molecule has 1 aromatic heterocycles. The fourth-order valence-electron chi connectivity index (χ4n) is 1.54. The fraction of sp³-hybridized carbons (Fsp3) is 0.286. The van der Waals surface area contributed by atoms with Crippen molar-refractivity contribution in [3.8, 4) is 11.6 Å². The van der Waals surface area contributed by atoms with E-state index in [1.54, 1.807) is 24.3 Å². The zero-order valence-electron chi connectivity index (χ0n) is 11.0. The number of rotatable bonds is 6. The summed E-state index contributed by atoms with van der Waals surface area (Å²) >= 11 is 5.92. The van der Waals surface area contributed by atoms with E-state index in [0.717, 1.165) is 5.56 Å². The number of ether oxygens (including phenoxy) is 2. The van der Waals surface area contributed by atoms with E-state index < -0.39 is 0 Å². The molecule has 0 aliphatic carbocycles. The van der Waals surface area contributed by atoms with Gasteiger partial charge < -0.3 is 14.6 Å². The molecule has 2 rings (SSSR count). The molecule has 0 saturated carbocycles. The van der Waals surface area contributed by atoms with E-state index in [2.05, 4.69) is 9.97 Å². The van der Waals surface area contributed by atoms with Crippen LogP contribution < -0.4 is 4.74 Å². The van der Waals surface area contributed by atoms with Crippen LogP contribution in [0.25, 0.3) is 0 Å². The Hall–Kier alpha value is -1.69. The Labute approximate surface area is 122 Å². The number of nitrogens with zero attached hydrogens (tertiary/aromatic N) is 2. The van der Waals surface area contributed by atoms with Crippen LogP contribution in [0.2, 0.25) is 5.15 Å². The molecule has 0 aliphatic rings. The molecule has 1 heterocycles. The highest BCUT2D eigenvalue weighted by atomic mass is 35.5. The van der Waals surface area contributed by atoms with Gasteiger partial charge in [0.1, 0.15) is 17.5 Å². The van der Waals surface area contributed by atoms with Crippen molar-refractivity contribution in [2.75, 3.05) is 6.61 Å². The summed E-state index contributed by atoms with van der Waals surface area (Å²) in [4.78, 5) is 8.27. The third-order valence-electron chi connectivity index (χ3n) is 2.48. The Balaban J connectivity index is 2.12. The molecule has 0 amide bonds. The van der Waals surface area contributed by atoms with Crippen LogP contribution in [0.5, 0.6) is 11.6 Å². The molecule has 0 radical (unpaired) electrons. The quantitative estimate of drug-likeness (QED) is 0.830. The number of aliphatic hydroxyl groups is 1. The average Bonchev–Trinajstić information content (AvgIpc) is 2.45. The van der Waals surface area contributed by atoms with Crippen molar-refractivity contribution >= 4 is 11.6 Å². The van der Waals surface area contributed by atoms with E-state index in [-0.39, 0.29) is 13.2 Å². The third-order valence-corrected chi connectivity index (χ3v) is 2.67. The normalized spacial score (nSPS) is 10.6. The highest BCUT2D eigenvalue weighted by Crippen LogP contribution is 2.22. The summed E-state index contributed by atoms with van der Waals surface area (Å²) in [5.41, 5.74) is 0.815. The summed E-state index contributed by atoms with van der Waals surface area (Å²) in [6.07, 6.45) is 0. The van der Waals surface area contributed by atoms with E-state index in [0.29, 0.717) is 29.2 Å². The van der Waals surface area contributed by atoms with Gasteiger partial charge in [-0.25, -0.2) is 4.98 Å². The molecule has 0 atom stereocenters. The van der Waals surface area contributed by atoms with E-state index in [9.17, 15) is 0 Å². The third kappa shape index (κ3) is 4.16. The maximum Gasteiger partial charge on any atom is 0.224 e. The lowest BCUT2D eigenvalue weighted by atomic mass is 10.2. The summed E-state index contributed by atoms with van der Waals surface area (Å²) < 4.78 is 10.8. The van der Waals surface area contributed by atoms with E-state index in [1.807, 2.05) is 6.92 Å². The van der Waals surface area contributed by atoms with Crippen LogP contribution in [-0.4, -0.2) is 21.7 Å². The zero-order valence-corrected chi connectivity index (χ0v) is 11.8. The molecule has 0 unspecified atom stereocenters. The molecule has 1 aromatic carbocycles. The monoisotopic (exact) mass is 294 g/mol. The van der Waals surface area contributed by atoms with E-state index in [4.69, 9.17) is 26.2 Å². The molecule has 6 heteroatoms. The van der Waals surface area contributed by atoms with Crippen molar-refractivity contribution in [1.82, 2.24) is 9.97 Å². The average molecular weight is 295 g/mol. The molecule has 0 fully saturated rings. The molecular weight excluding hydrogens is 280 g/mol. The second kappa shape index (κ2) is 7.19. The lowest BCUT2D eigenvalue weighted by Crippen LogP contribution is -2.01. The van der Waals surface area contributed by atoms with Crippen molar-refractivity contribution in [1.29, 1.82) is 0 Å². The molecule has 5 nitrogen and oxygen atoms in total. The van der Waals surface area contributed by atoms with Crippen LogP contribution in [0.1, 0.15) is 18.3 Å². The Kier molecular flexibility index (Phi) is 5.29. The van der Waals surface area contributed by atoms with Gasteiger partial charge in [-0.05, 0) is 24.6 Å². The highest BCUT2D eigenvalue weighted by molar-refractivity contribution is 6.29. The molecule has 0 saturated heterocycles. The van der Waals surface area contributed by atoms with E-state index in [1.165, 1.54) is 6.07 Å². The number of hydrogen-bond acceptors (Lipinski definition) is 5. The summed E-state index contributed by atoms with van der Waals surface area (Å²) in [5, 5.41) is 9.28. The Morgan fingerprint density at radius 3 is 2.60 bits per heavy atom. The van der Waals surface area contributed by atoms with Gasteiger partial charge in [0.2, 0.25) is 5.88 Å². The van der Waals surface area contributed by atoms with Crippen molar-refractivity contribution in [3.63, 3.8) is 0 Å². The van der Waals surface area contributed by atoms with Crippen LogP contribution in [0.4, 0.5) is 0 Å². The van der Waals surface area contributed by atoms with Crippen molar-refractivity contribution < 1.29 is 14.6 Å². The molecule has 106 valence electrons. The number of benzene rings is 1. The van der Waals surface area contributed by atoms with Crippen molar-refractivity contribution in [3.05, 3.63) is 46.9 Å². The molecule has 0 bridgehead atoms. The predicted molar refractivity (Wildman–Crippen MR) is 74.8 cm³/mol. The van der Waals surface area contributed by atoms with Gasteiger partial charge in [0, 0.05) is 12.7 Å². The maximum atomic E-state index is 8.98. The summed E-state index contributed by atoms with van der Waals surface area (Å²) in [5.74, 6) is 1.44. The molecular formula is C14H15ClN2O3. The van der Waals surface area contributed by atoms with Gasteiger partial charge in [0.15, 0.2) is 5.82 Å². The first kappa shape index (κ1) is 14.7. The van der Waals surface area contributed by atoms with Crippen molar-refractivity contribution in [2.24, 2.45) is 0 Å². The number of hydrogen-bond donors (Lipinski definition) is 1. The molecule has 0 spiro atoms. The minimum Gasteiger partial charge on any atom is -0.439 e. The molecule has 0 aliphatic heterocycles. The zero-order chi connectivity index (χ0) is 14.4. The Bertz CT molecular complexity index is 561. The van der Waals surface area contributed by atoms with Crippen molar-refractivity contribution in [2.45, 2.75) is 20.1 Å². The Morgan fingerprint density at radius 2 is 1.95 bits per heavy atom. The predicted octanol–water partition coefficient (Wildman–Crippen LogP) is 2.95. The first-order valence-corrected chi connectivity index (χ1v) is 6.58. The van der Waals surface area contributed by atoms with Gasteiger partial charge in [0.25, 0.3) is 0 Å². The van der Waals surface area contributed by atoms with Crippen LogP contribution in [0, 0.1) is 0 Å². The van der Waals surface area contributed by atoms with Gasteiger partial charge in [-0.15, -0.1) is 0 Å². The smallest absolute Gasteiger partial charge is 0.224 e. The van der Waals surface area contributed by atoms with Gasteiger partial charge in [-0.3, -0.25) is 0 Å². The van der Waals surface area contributed by atoms with Crippen LogP contribution in [0.15, 0.2) is 30.3 Å². The fourth-order valence-corrected chi connectivity index (χ4v) is 1.73. The standard InChI is InChI=1S/C14H15ClN2O3/c1-2-19-9-13-16-12(15)7-14(17-13)20-11-5-3-10(8-18)4-6-11/h3-7,18H,2,8-9H2,1H3. The minimum atomic E-state index is -0.00187.